The highest BCUT2D eigenvalue weighted by Gasteiger charge is 2.10. The van der Waals surface area contributed by atoms with Crippen LogP contribution in [0.2, 0.25) is 0 Å². The molecule has 1 heterocycles. The number of benzene rings is 1. The van der Waals surface area contributed by atoms with Gasteiger partial charge in [-0.1, -0.05) is 6.07 Å². The first-order valence-corrected chi connectivity index (χ1v) is 5.62. The van der Waals surface area contributed by atoms with Crippen molar-refractivity contribution in [3.63, 3.8) is 0 Å². The van der Waals surface area contributed by atoms with E-state index < -0.39 is 11.9 Å². The highest BCUT2D eigenvalue weighted by molar-refractivity contribution is 5.45. The average Bonchev–Trinajstić information content (AvgIpc) is 2.39. The molecular formula is C14H11FN2O2. The van der Waals surface area contributed by atoms with Gasteiger partial charge >= 0.3 is 0 Å². The SMILES string of the molecule is CC(O)c1ccc(Oc2cccc(F)c2C#N)nc1. The molecule has 0 bridgehead atoms. The van der Waals surface area contributed by atoms with Crippen LogP contribution in [0.4, 0.5) is 4.39 Å². The zero-order chi connectivity index (χ0) is 13.8. The molecule has 1 atom stereocenters. The third kappa shape index (κ3) is 2.87. The Labute approximate surface area is 109 Å². The van der Waals surface area contributed by atoms with Crippen LogP contribution in [0.1, 0.15) is 24.2 Å². The van der Waals surface area contributed by atoms with Gasteiger partial charge in [0.05, 0.1) is 6.10 Å². The van der Waals surface area contributed by atoms with Gasteiger partial charge in [-0.05, 0) is 30.7 Å². The van der Waals surface area contributed by atoms with Crippen LogP contribution >= 0.6 is 0 Å². The van der Waals surface area contributed by atoms with Gasteiger partial charge in [0.2, 0.25) is 5.88 Å². The minimum absolute atomic E-state index is 0.111. The fourth-order valence-electron chi connectivity index (χ4n) is 1.51. The molecule has 1 N–H and O–H groups in total. The number of pyridine rings is 1. The number of hydrogen-bond acceptors (Lipinski definition) is 4. The summed E-state index contributed by atoms with van der Waals surface area (Å²) in [7, 11) is 0. The number of nitriles is 1. The molecule has 2 aromatic rings. The zero-order valence-electron chi connectivity index (χ0n) is 10.2. The fraction of sp³-hybridized carbons (Fsp3) is 0.143. The van der Waals surface area contributed by atoms with Crippen LogP contribution in [0.5, 0.6) is 11.6 Å². The molecule has 1 aromatic heterocycles. The number of halogens is 1. The first-order chi connectivity index (χ1) is 9.11. The third-order valence-corrected chi connectivity index (χ3v) is 2.54. The molecule has 1 unspecified atom stereocenters. The lowest BCUT2D eigenvalue weighted by molar-refractivity contribution is 0.198. The molecule has 2 rings (SSSR count). The maximum atomic E-state index is 13.4. The molecule has 0 fully saturated rings. The molecule has 19 heavy (non-hydrogen) atoms. The van der Waals surface area contributed by atoms with Crippen LogP contribution in [0.3, 0.4) is 0 Å². The van der Waals surface area contributed by atoms with Crippen molar-refractivity contribution in [2.45, 2.75) is 13.0 Å². The van der Waals surface area contributed by atoms with Gasteiger partial charge in [0, 0.05) is 12.3 Å². The second kappa shape index (κ2) is 5.46. The largest absolute Gasteiger partial charge is 0.438 e. The second-order valence-electron chi connectivity index (χ2n) is 3.93. The summed E-state index contributed by atoms with van der Waals surface area (Å²) in [5, 5.41) is 18.2. The van der Waals surface area contributed by atoms with Crippen LogP contribution in [0, 0.1) is 17.1 Å². The number of aliphatic hydroxyl groups excluding tert-OH is 1. The molecule has 0 saturated carbocycles. The molecule has 0 aliphatic rings. The van der Waals surface area contributed by atoms with Crippen LogP contribution in [-0.2, 0) is 0 Å². The number of nitrogens with zero attached hydrogens (tertiary/aromatic N) is 2. The van der Waals surface area contributed by atoms with E-state index in [1.807, 2.05) is 0 Å². The maximum Gasteiger partial charge on any atom is 0.219 e. The molecule has 0 aliphatic carbocycles. The van der Waals surface area contributed by atoms with Crippen molar-refractivity contribution in [3.8, 4) is 17.7 Å². The quantitative estimate of drug-likeness (QED) is 0.919. The van der Waals surface area contributed by atoms with E-state index in [9.17, 15) is 9.50 Å². The van der Waals surface area contributed by atoms with E-state index in [2.05, 4.69) is 4.98 Å². The van der Waals surface area contributed by atoms with Crippen molar-refractivity contribution in [2.24, 2.45) is 0 Å². The van der Waals surface area contributed by atoms with Crippen molar-refractivity contribution < 1.29 is 14.2 Å². The number of aliphatic hydroxyl groups is 1. The van der Waals surface area contributed by atoms with Gasteiger partial charge in [-0.25, -0.2) is 9.37 Å². The van der Waals surface area contributed by atoms with E-state index in [1.165, 1.54) is 24.4 Å². The van der Waals surface area contributed by atoms with Crippen molar-refractivity contribution >= 4 is 0 Å². The summed E-state index contributed by atoms with van der Waals surface area (Å²) in [6.07, 6.45) is 0.844. The van der Waals surface area contributed by atoms with Gasteiger partial charge in [-0.2, -0.15) is 5.26 Å². The smallest absolute Gasteiger partial charge is 0.219 e. The molecule has 0 amide bonds. The van der Waals surface area contributed by atoms with Crippen LogP contribution in [0.15, 0.2) is 36.5 Å². The van der Waals surface area contributed by atoms with Crippen molar-refractivity contribution in [3.05, 3.63) is 53.5 Å². The minimum Gasteiger partial charge on any atom is -0.438 e. The first-order valence-electron chi connectivity index (χ1n) is 5.62. The Bertz CT molecular complexity index is 618. The number of aromatic nitrogens is 1. The van der Waals surface area contributed by atoms with E-state index >= 15 is 0 Å². The second-order valence-corrected chi connectivity index (χ2v) is 3.93. The summed E-state index contributed by atoms with van der Waals surface area (Å²) >= 11 is 0. The molecule has 5 heteroatoms. The predicted octanol–water partition coefficient (Wildman–Crippen LogP) is 2.94. The third-order valence-electron chi connectivity index (χ3n) is 2.54. The van der Waals surface area contributed by atoms with Gasteiger partial charge in [0.15, 0.2) is 0 Å². The zero-order valence-corrected chi connectivity index (χ0v) is 10.2. The molecule has 0 aliphatic heterocycles. The number of rotatable bonds is 3. The summed E-state index contributed by atoms with van der Waals surface area (Å²) < 4.78 is 18.7. The molecule has 96 valence electrons. The van der Waals surface area contributed by atoms with Crippen molar-refractivity contribution in [1.82, 2.24) is 4.98 Å². The van der Waals surface area contributed by atoms with Gasteiger partial charge < -0.3 is 9.84 Å². The fourth-order valence-corrected chi connectivity index (χ4v) is 1.51. The van der Waals surface area contributed by atoms with E-state index in [0.29, 0.717) is 5.56 Å². The first kappa shape index (κ1) is 13.0. The van der Waals surface area contributed by atoms with Gasteiger partial charge in [-0.15, -0.1) is 0 Å². The molecular weight excluding hydrogens is 247 g/mol. The van der Waals surface area contributed by atoms with Crippen molar-refractivity contribution in [1.29, 1.82) is 5.26 Å². The lowest BCUT2D eigenvalue weighted by Gasteiger charge is -2.08. The topological polar surface area (TPSA) is 66.1 Å². The van der Waals surface area contributed by atoms with Gasteiger partial charge in [0.25, 0.3) is 0 Å². The lowest BCUT2D eigenvalue weighted by atomic mass is 10.2. The summed E-state index contributed by atoms with van der Waals surface area (Å²) in [4.78, 5) is 3.99. The van der Waals surface area contributed by atoms with E-state index in [4.69, 9.17) is 10.00 Å². The van der Waals surface area contributed by atoms with Crippen molar-refractivity contribution in [2.75, 3.05) is 0 Å². The average molecular weight is 258 g/mol. The highest BCUT2D eigenvalue weighted by atomic mass is 19.1. The summed E-state index contributed by atoms with van der Waals surface area (Å²) in [5.41, 5.74) is 0.482. The van der Waals surface area contributed by atoms with E-state index in [0.717, 1.165) is 0 Å². The Balaban J connectivity index is 2.27. The van der Waals surface area contributed by atoms with Gasteiger partial charge in [0.1, 0.15) is 23.2 Å². The molecule has 1 aromatic carbocycles. The molecule has 0 spiro atoms. The lowest BCUT2D eigenvalue weighted by Crippen LogP contribution is -1.95. The Morgan fingerprint density at radius 1 is 1.37 bits per heavy atom. The molecule has 0 radical (unpaired) electrons. The Morgan fingerprint density at radius 3 is 2.74 bits per heavy atom. The van der Waals surface area contributed by atoms with E-state index in [-0.39, 0.29) is 17.2 Å². The van der Waals surface area contributed by atoms with Crippen LogP contribution in [-0.4, -0.2) is 10.1 Å². The Morgan fingerprint density at radius 2 is 2.16 bits per heavy atom. The van der Waals surface area contributed by atoms with Crippen LogP contribution < -0.4 is 4.74 Å². The standard InChI is InChI=1S/C14H11FN2O2/c1-9(18)10-5-6-14(17-8-10)19-13-4-2-3-12(15)11(13)7-16/h2-6,8-9,18H,1H3. The molecule has 4 nitrogen and oxygen atoms in total. The molecule has 0 saturated heterocycles. The minimum atomic E-state index is -0.638. The maximum absolute atomic E-state index is 13.4. The Kier molecular flexibility index (Phi) is 3.74. The predicted molar refractivity (Wildman–Crippen MR) is 66.1 cm³/mol. The van der Waals surface area contributed by atoms with Gasteiger partial charge in [-0.3, -0.25) is 0 Å². The van der Waals surface area contributed by atoms with Crippen LogP contribution in [0.25, 0.3) is 0 Å². The summed E-state index contributed by atoms with van der Waals surface area (Å²) in [5.74, 6) is -0.299. The number of ether oxygens (including phenoxy) is 1. The van der Waals surface area contributed by atoms with E-state index in [1.54, 1.807) is 25.1 Å². The number of hydrogen-bond donors (Lipinski definition) is 1. The summed E-state index contributed by atoms with van der Waals surface area (Å²) in [6.45, 7) is 1.62. The normalized spacial score (nSPS) is 11.7. The highest BCUT2D eigenvalue weighted by Crippen LogP contribution is 2.25. The Hall–Kier alpha value is -2.45. The summed E-state index contributed by atoms with van der Waals surface area (Å²) in [6, 6.07) is 9.08. The monoisotopic (exact) mass is 258 g/mol.